The van der Waals surface area contributed by atoms with E-state index in [9.17, 15) is 9.59 Å². The number of nitrogens with two attached hydrogens (primary N) is 1. The SMILES string of the molecule is CC1CC(C)CN(C(=O)CSC[C@@H](N)C(=O)O)C1. The molecule has 0 aromatic rings. The van der Waals surface area contributed by atoms with Crippen LogP contribution in [0.4, 0.5) is 0 Å². The summed E-state index contributed by atoms with van der Waals surface area (Å²) in [6.07, 6.45) is 1.17. The molecule has 0 bridgehead atoms. The van der Waals surface area contributed by atoms with Crippen LogP contribution in [0.1, 0.15) is 20.3 Å². The maximum atomic E-state index is 12.0. The van der Waals surface area contributed by atoms with Crippen molar-refractivity contribution in [3.63, 3.8) is 0 Å². The van der Waals surface area contributed by atoms with Crippen LogP contribution in [0.5, 0.6) is 0 Å². The molecule has 1 heterocycles. The van der Waals surface area contributed by atoms with Gasteiger partial charge in [-0.3, -0.25) is 9.59 Å². The Balaban J connectivity index is 2.30. The van der Waals surface area contributed by atoms with Crippen LogP contribution in [0, 0.1) is 11.8 Å². The normalized spacial score (nSPS) is 25.8. The molecule has 0 saturated carbocycles. The Bertz CT molecular complexity index is 302. The number of thioether (sulfide) groups is 1. The predicted molar refractivity (Wildman–Crippen MR) is 72.5 cm³/mol. The molecule has 1 fully saturated rings. The van der Waals surface area contributed by atoms with Crippen molar-refractivity contribution in [3.05, 3.63) is 0 Å². The first-order valence-electron chi connectivity index (χ1n) is 6.24. The molecule has 5 nitrogen and oxygen atoms in total. The van der Waals surface area contributed by atoms with E-state index in [0.717, 1.165) is 13.1 Å². The minimum absolute atomic E-state index is 0.0935. The molecule has 3 N–H and O–H groups in total. The number of piperidine rings is 1. The smallest absolute Gasteiger partial charge is 0.321 e. The summed E-state index contributed by atoms with van der Waals surface area (Å²) in [4.78, 5) is 24.4. The average molecular weight is 274 g/mol. The van der Waals surface area contributed by atoms with E-state index in [1.54, 1.807) is 0 Å². The first-order valence-corrected chi connectivity index (χ1v) is 7.39. The lowest BCUT2D eigenvalue weighted by Crippen LogP contribution is -2.43. The fourth-order valence-electron chi connectivity index (χ4n) is 2.30. The molecule has 0 aromatic carbocycles. The van der Waals surface area contributed by atoms with Gasteiger partial charge >= 0.3 is 5.97 Å². The third-order valence-corrected chi connectivity index (χ3v) is 4.11. The number of carboxylic acids is 1. The molecule has 0 aromatic heterocycles. The Morgan fingerprint density at radius 1 is 1.39 bits per heavy atom. The molecule has 1 saturated heterocycles. The highest BCUT2D eigenvalue weighted by Gasteiger charge is 2.25. The number of carbonyl (C=O) groups excluding carboxylic acids is 1. The molecule has 1 aliphatic rings. The zero-order valence-electron chi connectivity index (χ0n) is 11.0. The highest BCUT2D eigenvalue weighted by Crippen LogP contribution is 2.21. The Morgan fingerprint density at radius 2 is 1.94 bits per heavy atom. The van der Waals surface area contributed by atoms with Gasteiger partial charge in [0.1, 0.15) is 6.04 Å². The second-order valence-corrected chi connectivity index (χ2v) is 6.23. The van der Waals surface area contributed by atoms with E-state index in [2.05, 4.69) is 13.8 Å². The third kappa shape index (κ3) is 4.86. The first-order chi connectivity index (χ1) is 8.40. The van der Waals surface area contributed by atoms with Crippen molar-refractivity contribution in [2.45, 2.75) is 26.3 Å². The molecule has 18 heavy (non-hydrogen) atoms. The van der Waals surface area contributed by atoms with Crippen LogP contribution in [0.25, 0.3) is 0 Å². The Kier molecular flexibility index (Phi) is 5.95. The van der Waals surface area contributed by atoms with E-state index in [1.807, 2.05) is 4.90 Å². The van der Waals surface area contributed by atoms with Crippen molar-refractivity contribution in [1.29, 1.82) is 0 Å². The molecule has 104 valence electrons. The van der Waals surface area contributed by atoms with Crippen molar-refractivity contribution >= 4 is 23.6 Å². The van der Waals surface area contributed by atoms with E-state index < -0.39 is 12.0 Å². The van der Waals surface area contributed by atoms with Gasteiger partial charge in [0.2, 0.25) is 5.91 Å². The van der Waals surface area contributed by atoms with Gasteiger partial charge in [0.25, 0.3) is 0 Å². The second-order valence-electron chi connectivity index (χ2n) is 5.20. The number of hydrogen-bond acceptors (Lipinski definition) is 4. The van der Waals surface area contributed by atoms with Gasteiger partial charge in [0, 0.05) is 18.8 Å². The third-order valence-electron chi connectivity index (χ3n) is 3.06. The zero-order valence-corrected chi connectivity index (χ0v) is 11.8. The molecular formula is C12H22N2O3S. The van der Waals surface area contributed by atoms with Crippen molar-refractivity contribution in [3.8, 4) is 0 Å². The van der Waals surface area contributed by atoms with Crippen molar-refractivity contribution in [1.82, 2.24) is 4.90 Å². The summed E-state index contributed by atoms with van der Waals surface area (Å²) in [5.41, 5.74) is 5.38. The van der Waals surface area contributed by atoms with Gasteiger partial charge < -0.3 is 15.7 Å². The van der Waals surface area contributed by atoms with Crippen LogP contribution in [0.3, 0.4) is 0 Å². The number of hydrogen-bond donors (Lipinski definition) is 2. The number of rotatable bonds is 5. The van der Waals surface area contributed by atoms with Crippen LogP contribution < -0.4 is 5.73 Å². The van der Waals surface area contributed by atoms with Gasteiger partial charge in [0.05, 0.1) is 5.75 Å². The number of carboxylic acid groups (broad SMARTS) is 1. The van der Waals surface area contributed by atoms with Gasteiger partial charge in [-0.15, -0.1) is 11.8 Å². The van der Waals surface area contributed by atoms with E-state index in [-0.39, 0.29) is 11.7 Å². The lowest BCUT2D eigenvalue weighted by Gasteiger charge is -2.35. The molecule has 0 aliphatic carbocycles. The molecule has 1 rings (SSSR count). The number of aliphatic carboxylic acids is 1. The predicted octanol–water partition coefficient (Wildman–Crippen LogP) is 0.636. The van der Waals surface area contributed by atoms with Crippen LogP contribution in [0.2, 0.25) is 0 Å². The Labute approximate surface area is 112 Å². The molecule has 6 heteroatoms. The number of likely N-dealkylation sites (tertiary alicyclic amines) is 1. The van der Waals surface area contributed by atoms with Crippen molar-refractivity contribution in [2.75, 3.05) is 24.6 Å². The van der Waals surface area contributed by atoms with Gasteiger partial charge in [-0.1, -0.05) is 13.8 Å². The Hall–Kier alpha value is -0.750. The van der Waals surface area contributed by atoms with Crippen LogP contribution in [0.15, 0.2) is 0 Å². The topological polar surface area (TPSA) is 83.6 Å². The summed E-state index contributed by atoms with van der Waals surface area (Å²) in [6, 6.07) is -0.887. The van der Waals surface area contributed by atoms with Gasteiger partial charge in [-0.05, 0) is 18.3 Å². The Morgan fingerprint density at radius 3 is 2.44 bits per heavy atom. The number of nitrogens with zero attached hydrogens (tertiary/aromatic N) is 1. The standard InChI is InChI=1S/C12H22N2O3S/c1-8-3-9(2)5-14(4-8)11(15)7-18-6-10(13)12(16)17/h8-10H,3-7,13H2,1-2H3,(H,16,17)/t8?,9?,10-/m1/s1. The molecule has 2 unspecified atom stereocenters. The highest BCUT2D eigenvalue weighted by molar-refractivity contribution is 8.00. The van der Waals surface area contributed by atoms with Crippen LogP contribution in [-0.4, -0.2) is 52.5 Å². The molecule has 3 atom stereocenters. The monoisotopic (exact) mass is 274 g/mol. The molecule has 1 aliphatic heterocycles. The van der Waals surface area contributed by atoms with Gasteiger partial charge in [-0.25, -0.2) is 0 Å². The van der Waals surface area contributed by atoms with E-state index in [4.69, 9.17) is 10.8 Å². The summed E-state index contributed by atoms with van der Waals surface area (Å²) < 4.78 is 0. The highest BCUT2D eigenvalue weighted by atomic mass is 32.2. The minimum atomic E-state index is -1.02. The molecule has 1 amide bonds. The van der Waals surface area contributed by atoms with Gasteiger partial charge in [-0.2, -0.15) is 0 Å². The summed E-state index contributed by atoms with van der Waals surface area (Å²) in [6.45, 7) is 5.94. The second kappa shape index (κ2) is 6.99. The fraction of sp³-hybridized carbons (Fsp3) is 0.833. The van der Waals surface area contributed by atoms with Gasteiger partial charge in [0.15, 0.2) is 0 Å². The minimum Gasteiger partial charge on any atom is -0.480 e. The summed E-state index contributed by atoms with van der Waals surface area (Å²) in [5, 5.41) is 8.63. The quantitative estimate of drug-likeness (QED) is 0.768. The van der Waals surface area contributed by atoms with Crippen LogP contribution >= 0.6 is 11.8 Å². The summed E-state index contributed by atoms with van der Waals surface area (Å²) in [7, 11) is 0. The lowest BCUT2D eigenvalue weighted by atomic mass is 9.92. The van der Waals surface area contributed by atoms with E-state index in [1.165, 1.54) is 18.2 Å². The molecule has 0 spiro atoms. The largest absolute Gasteiger partial charge is 0.480 e. The van der Waals surface area contributed by atoms with Crippen molar-refractivity contribution in [2.24, 2.45) is 17.6 Å². The molecular weight excluding hydrogens is 252 g/mol. The first kappa shape index (κ1) is 15.3. The summed E-state index contributed by atoms with van der Waals surface area (Å²) in [5.74, 6) is 0.763. The molecule has 0 radical (unpaired) electrons. The maximum absolute atomic E-state index is 12.0. The average Bonchev–Trinajstić information content (AvgIpc) is 2.27. The zero-order chi connectivity index (χ0) is 13.7. The maximum Gasteiger partial charge on any atom is 0.321 e. The van der Waals surface area contributed by atoms with Crippen LogP contribution in [-0.2, 0) is 9.59 Å². The number of amides is 1. The lowest BCUT2D eigenvalue weighted by molar-refractivity contribution is -0.138. The number of carbonyl (C=O) groups is 2. The van der Waals surface area contributed by atoms with E-state index in [0.29, 0.717) is 17.6 Å². The summed E-state index contributed by atoms with van der Waals surface area (Å²) >= 11 is 1.30. The fourth-order valence-corrected chi connectivity index (χ4v) is 3.17. The van der Waals surface area contributed by atoms with E-state index >= 15 is 0 Å². The van der Waals surface area contributed by atoms with Crippen molar-refractivity contribution < 1.29 is 14.7 Å².